The number of nitrogens with one attached hydrogen (secondary N) is 1. The van der Waals surface area contributed by atoms with Gasteiger partial charge in [-0.3, -0.25) is 9.78 Å². The van der Waals surface area contributed by atoms with Crippen LogP contribution in [0, 0.1) is 11.8 Å². The summed E-state index contributed by atoms with van der Waals surface area (Å²) in [7, 11) is -2.71. The van der Waals surface area contributed by atoms with E-state index in [1.165, 1.54) is 24.7 Å². The number of hydrogen-bond acceptors (Lipinski definition) is 5. The summed E-state index contributed by atoms with van der Waals surface area (Å²) in [5.41, 5.74) is 1.99. The lowest BCUT2D eigenvalue weighted by Crippen LogP contribution is -2.09. The highest BCUT2D eigenvalue weighted by Gasteiger charge is 2.10. The molecule has 9 heteroatoms. The van der Waals surface area contributed by atoms with Crippen molar-refractivity contribution < 1.29 is 18.9 Å². The third kappa shape index (κ3) is 7.26. The first-order valence-corrected chi connectivity index (χ1v) is 10.9. The van der Waals surface area contributed by atoms with E-state index in [-0.39, 0.29) is 22.7 Å². The third-order valence-corrected chi connectivity index (χ3v) is 5.17. The first-order valence-electron chi connectivity index (χ1n) is 8.28. The van der Waals surface area contributed by atoms with E-state index in [2.05, 4.69) is 26.5 Å². The van der Waals surface area contributed by atoms with Crippen molar-refractivity contribution in [1.82, 2.24) is 4.98 Å². The van der Waals surface area contributed by atoms with Crippen molar-refractivity contribution in [1.29, 1.82) is 0 Å². The van der Waals surface area contributed by atoms with Crippen molar-refractivity contribution in [3.05, 3.63) is 59.4 Å². The first kappa shape index (κ1) is 21.8. The smallest absolute Gasteiger partial charge is 0.286 e. The van der Waals surface area contributed by atoms with E-state index in [0.717, 1.165) is 0 Å². The van der Waals surface area contributed by atoms with Gasteiger partial charge in [-0.1, -0.05) is 17.9 Å². The van der Waals surface area contributed by atoms with Gasteiger partial charge in [-0.15, -0.1) is 0 Å². The van der Waals surface area contributed by atoms with Gasteiger partial charge in [0.25, 0.3) is 22.2 Å². The van der Waals surface area contributed by atoms with Gasteiger partial charge in [0.2, 0.25) is 0 Å². The molecule has 2 amide bonds. The van der Waals surface area contributed by atoms with Crippen LogP contribution in [0.4, 0.5) is 10.5 Å². The van der Waals surface area contributed by atoms with E-state index < -0.39 is 15.6 Å². The van der Waals surface area contributed by atoms with Crippen LogP contribution >= 0.6 is 0 Å². The molecule has 7 nitrogen and oxygen atoms in total. The summed E-state index contributed by atoms with van der Waals surface area (Å²) in [4.78, 5) is 27.3. The predicted molar refractivity (Wildman–Crippen MR) is 109 cm³/mol. The van der Waals surface area contributed by atoms with Gasteiger partial charge in [-0.25, -0.2) is 4.21 Å². The van der Waals surface area contributed by atoms with Gasteiger partial charge in [0, 0.05) is 47.8 Å². The summed E-state index contributed by atoms with van der Waals surface area (Å²) in [6, 6.07) is 8.55. The molecule has 1 unspecified atom stereocenters. The highest BCUT2D eigenvalue weighted by atomic mass is 32.2. The molecule has 0 aliphatic carbocycles. The van der Waals surface area contributed by atoms with Gasteiger partial charge in [0.15, 0.2) is 0 Å². The zero-order valence-electron chi connectivity index (χ0n) is 15.2. The van der Waals surface area contributed by atoms with E-state index in [0.29, 0.717) is 23.2 Å². The number of pyridine rings is 1. The Hall–Kier alpha value is -2.49. The Balaban J connectivity index is 2.22. The molecule has 1 heterocycles. The van der Waals surface area contributed by atoms with Crippen molar-refractivity contribution >= 4 is 42.4 Å². The maximum atomic E-state index is 12.3. The molecule has 0 spiro atoms. The summed E-state index contributed by atoms with van der Waals surface area (Å²) in [5, 5.41) is 11.5. The number of nitrogens with zero attached hydrogens (tertiary/aromatic N) is 2. The lowest BCUT2D eigenvalue weighted by molar-refractivity contribution is 0.100. The Labute approximate surface area is 172 Å². The highest BCUT2D eigenvalue weighted by Crippen LogP contribution is 2.10. The summed E-state index contributed by atoms with van der Waals surface area (Å²) in [6.45, 7) is -0.108. The minimum Gasteiger partial charge on any atom is -0.396 e. The zero-order valence-corrected chi connectivity index (χ0v) is 17.2. The molecule has 0 aliphatic rings. The minimum absolute atomic E-state index is 0.108. The molecule has 1 atom stereocenters. The number of aliphatic hydroxyl groups is 1. The molecule has 0 fully saturated rings. The van der Waals surface area contributed by atoms with E-state index >= 15 is 0 Å². The quantitative estimate of drug-likeness (QED) is 0.576. The number of benzene rings is 1. The minimum atomic E-state index is -2.71. The second-order valence-electron chi connectivity index (χ2n) is 5.92. The number of carbonyl (C=O) groups is 2. The molecule has 142 valence electrons. The second kappa shape index (κ2) is 10.2. The molecule has 0 bridgehead atoms. The number of aromatic nitrogens is 1. The van der Waals surface area contributed by atoms with Crippen LogP contribution in [-0.4, -0.2) is 59.9 Å². The third-order valence-electron chi connectivity index (χ3n) is 3.42. The van der Waals surface area contributed by atoms with Gasteiger partial charge in [-0.05, 0) is 30.7 Å². The molecule has 2 N–H and O–H groups in total. The van der Waals surface area contributed by atoms with E-state index in [1.54, 1.807) is 24.3 Å². The number of anilines is 1. The molecule has 0 aliphatic heterocycles. The maximum Gasteiger partial charge on any atom is 0.286 e. The van der Waals surface area contributed by atoms with Crippen LogP contribution in [0.25, 0.3) is 0 Å². The number of rotatable bonds is 5. The van der Waals surface area contributed by atoms with Gasteiger partial charge in [0.1, 0.15) is 4.77 Å². The van der Waals surface area contributed by atoms with Crippen LogP contribution in [0.2, 0.25) is 0 Å². The van der Waals surface area contributed by atoms with Crippen molar-refractivity contribution in [3.63, 3.8) is 0 Å². The molecule has 0 saturated heterocycles. The van der Waals surface area contributed by atoms with Crippen LogP contribution < -0.4 is 5.32 Å². The maximum absolute atomic E-state index is 12.3. The second-order valence-corrected chi connectivity index (χ2v) is 8.95. The monoisotopic (exact) mass is 411 g/mol. The van der Waals surface area contributed by atoms with Crippen molar-refractivity contribution in [3.8, 4) is 11.8 Å². The van der Waals surface area contributed by atoms with E-state index in [1.807, 2.05) is 16.3 Å². The molecular formula is C19H18AlN3O4S. The van der Waals surface area contributed by atoms with Crippen LogP contribution in [0.5, 0.6) is 0 Å². The van der Waals surface area contributed by atoms with Crippen molar-refractivity contribution in [2.24, 2.45) is 4.36 Å². The topological polar surface area (TPSA) is 109 Å². The Morgan fingerprint density at radius 3 is 2.71 bits per heavy atom. The summed E-state index contributed by atoms with van der Waals surface area (Å²) >= 11 is 2.04. The molecular weight excluding hydrogens is 393 g/mol. The Morgan fingerprint density at radius 2 is 2.00 bits per heavy atom. The lowest BCUT2D eigenvalue weighted by atomic mass is 10.1. The average molecular weight is 411 g/mol. The molecule has 1 aromatic heterocycles. The fourth-order valence-electron chi connectivity index (χ4n) is 2.19. The Morgan fingerprint density at radius 1 is 1.25 bits per heavy atom. The SMILES string of the molecule is CS(=O)(CCCO)=NC(=O)c1cncc(C#Cc2cccc(N[C](=O)[Al])c2)c1. The molecule has 2 rings (SSSR count). The van der Waals surface area contributed by atoms with Gasteiger partial charge in [-0.2, -0.15) is 4.36 Å². The molecule has 0 saturated carbocycles. The van der Waals surface area contributed by atoms with Gasteiger partial charge < -0.3 is 15.2 Å². The highest BCUT2D eigenvalue weighted by molar-refractivity contribution is 7.93. The Kier molecular flexibility index (Phi) is 7.92. The summed E-state index contributed by atoms with van der Waals surface area (Å²) < 4.78 is 15.8. The number of hydrogen-bond donors (Lipinski definition) is 2. The van der Waals surface area contributed by atoms with E-state index in [4.69, 9.17) is 5.11 Å². The van der Waals surface area contributed by atoms with Crippen LogP contribution in [0.3, 0.4) is 0 Å². The molecule has 1 aromatic carbocycles. The standard InChI is InChI=1S/C19H18N3O4S.Al/c1-27(26,9-3-8-23)22-19(25)17-10-16(12-20-13-17)7-6-15-4-2-5-18(11-15)21-14-24;/h2,4-5,10-13,23H,3,8-9H2,1H3,(H,21,24);. The van der Waals surface area contributed by atoms with Crippen LogP contribution in [0.1, 0.15) is 27.9 Å². The zero-order chi connectivity index (χ0) is 20.6. The Bertz CT molecular complexity index is 1070. The summed E-state index contributed by atoms with van der Waals surface area (Å²) in [6.07, 6.45) is 4.55. The van der Waals surface area contributed by atoms with Crippen LogP contribution in [-0.2, 0) is 9.73 Å². The average Bonchev–Trinajstić information content (AvgIpc) is 2.64. The van der Waals surface area contributed by atoms with Crippen LogP contribution in [0.15, 0.2) is 47.1 Å². The first-order chi connectivity index (χ1) is 13.3. The lowest BCUT2D eigenvalue weighted by Gasteiger charge is -2.03. The molecule has 28 heavy (non-hydrogen) atoms. The predicted octanol–water partition coefficient (Wildman–Crippen LogP) is 1.80. The largest absolute Gasteiger partial charge is 0.396 e. The fraction of sp³-hybridized carbons (Fsp3) is 0.211. The van der Waals surface area contributed by atoms with Gasteiger partial charge in [0.05, 0.1) is 15.3 Å². The van der Waals surface area contributed by atoms with Gasteiger partial charge >= 0.3 is 0 Å². The number of amides is 2. The normalized spacial score (nSPS) is 12.2. The summed E-state index contributed by atoms with van der Waals surface area (Å²) in [5.74, 6) is 5.36. The number of aliphatic hydroxyl groups excluding tert-OH is 1. The molecule has 2 aromatic rings. The van der Waals surface area contributed by atoms with Crippen molar-refractivity contribution in [2.45, 2.75) is 6.42 Å². The fourth-order valence-corrected chi connectivity index (χ4v) is 3.57. The van der Waals surface area contributed by atoms with E-state index in [9.17, 15) is 13.8 Å². The molecule has 2 radical (unpaired) electrons. The van der Waals surface area contributed by atoms with Crippen molar-refractivity contribution in [2.75, 3.05) is 23.9 Å². The number of carbonyl (C=O) groups excluding carboxylic acids is 2.